The second-order valence-electron chi connectivity index (χ2n) is 5.68. The Balaban J connectivity index is 1.83. The van der Waals surface area contributed by atoms with E-state index in [4.69, 9.17) is 5.84 Å². The minimum Gasteiger partial charge on any atom is -0.369 e. The molecule has 0 unspecified atom stereocenters. The van der Waals surface area contributed by atoms with Gasteiger partial charge in [-0.3, -0.25) is 0 Å². The van der Waals surface area contributed by atoms with Crippen molar-refractivity contribution in [3.63, 3.8) is 0 Å². The minimum absolute atomic E-state index is 0.466. The van der Waals surface area contributed by atoms with Gasteiger partial charge in [0, 0.05) is 18.2 Å². The molecule has 0 aliphatic heterocycles. The lowest BCUT2D eigenvalue weighted by Gasteiger charge is -2.15. The fourth-order valence-corrected chi connectivity index (χ4v) is 2.44. The standard InChI is InChI=1S/C16H21N5/c1-2-16(8-9-16)11-18-13-10-14(21-17)20-15(19-13)12-6-4-3-5-7-12/h3-7,10H,2,8-9,11,17H2,1H3,(H2,18,19,20,21). The van der Waals surface area contributed by atoms with Crippen LogP contribution in [0.5, 0.6) is 0 Å². The average Bonchev–Trinajstić information content (AvgIpc) is 3.34. The van der Waals surface area contributed by atoms with Crippen LogP contribution < -0.4 is 16.6 Å². The van der Waals surface area contributed by atoms with E-state index in [1.165, 1.54) is 19.3 Å². The zero-order valence-electron chi connectivity index (χ0n) is 12.3. The van der Waals surface area contributed by atoms with Gasteiger partial charge in [0.1, 0.15) is 11.6 Å². The number of anilines is 2. The number of hydrogen-bond donors (Lipinski definition) is 3. The fourth-order valence-electron chi connectivity index (χ4n) is 2.44. The van der Waals surface area contributed by atoms with E-state index in [9.17, 15) is 0 Å². The van der Waals surface area contributed by atoms with Crippen LogP contribution in [0.25, 0.3) is 11.4 Å². The number of hydrazine groups is 1. The summed E-state index contributed by atoms with van der Waals surface area (Å²) < 4.78 is 0. The molecule has 1 heterocycles. The van der Waals surface area contributed by atoms with Crippen LogP contribution in [0, 0.1) is 5.41 Å². The normalized spacial score (nSPS) is 15.5. The molecule has 0 amide bonds. The third-order valence-electron chi connectivity index (χ3n) is 4.26. The van der Waals surface area contributed by atoms with E-state index in [2.05, 4.69) is 27.6 Å². The van der Waals surface area contributed by atoms with Gasteiger partial charge in [-0.2, -0.15) is 0 Å². The Morgan fingerprint density at radius 1 is 1.14 bits per heavy atom. The summed E-state index contributed by atoms with van der Waals surface area (Å²) in [5, 5.41) is 3.44. The maximum absolute atomic E-state index is 5.52. The molecule has 5 heteroatoms. The summed E-state index contributed by atoms with van der Waals surface area (Å²) in [6.07, 6.45) is 3.81. The zero-order valence-corrected chi connectivity index (χ0v) is 12.3. The summed E-state index contributed by atoms with van der Waals surface area (Å²) in [6.45, 7) is 3.20. The molecule has 1 aliphatic rings. The number of hydrogen-bond acceptors (Lipinski definition) is 5. The molecule has 3 rings (SSSR count). The van der Waals surface area contributed by atoms with Crippen molar-refractivity contribution in [3.05, 3.63) is 36.4 Å². The van der Waals surface area contributed by atoms with Gasteiger partial charge in [-0.15, -0.1) is 0 Å². The number of nitrogens with two attached hydrogens (primary N) is 1. The van der Waals surface area contributed by atoms with Crippen molar-refractivity contribution in [2.75, 3.05) is 17.3 Å². The average molecular weight is 283 g/mol. The first-order chi connectivity index (χ1) is 10.2. The molecule has 5 nitrogen and oxygen atoms in total. The third-order valence-corrected chi connectivity index (χ3v) is 4.26. The van der Waals surface area contributed by atoms with Gasteiger partial charge in [0.05, 0.1) is 0 Å². The summed E-state index contributed by atoms with van der Waals surface area (Å²) in [5.41, 5.74) is 4.06. The highest BCUT2D eigenvalue weighted by atomic mass is 15.3. The van der Waals surface area contributed by atoms with Crippen molar-refractivity contribution < 1.29 is 0 Å². The van der Waals surface area contributed by atoms with Gasteiger partial charge < -0.3 is 10.7 Å². The van der Waals surface area contributed by atoms with Gasteiger partial charge >= 0.3 is 0 Å². The van der Waals surface area contributed by atoms with Crippen LogP contribution in [0.2, 0.25) is 0 Å². The maximum atomic E-state index is 5.52. The topological polar surface area (TPSA) is 75.9 Å². The first-order valence-electron chi connectivity index (χ1n) is 7.40. The Morgan fingerprint density at radius 2 is 1.86 bits per heavy atom. The second kappa shape index (κ2) is 5.69. The van der Waals surface area contributed by atoms with Crippen molar-refractivity contribution in [1.29, 1.82) is 0 Å². The summed E-state index contributed by atoms with van der Waals surface area (Å²) in [7, 11) is 0. The lowest BCUT2D eigenvalue weighted by Crippen LogP contribution is -2.16. The molecule has 0 saturated heterocycles. The molecule has 0 radical (unpaired) electrons. The molecule has 2 aromatic rings. The van der Waals surface area contributed by atoms with E-state index in [-0.39, 0.29) is 0 Å². The Bertz CT molecular complexity index is 607. The SMILES string of the molecule is CCC1(CNc2cc(NN)nc(-c3ccccc3)n2)CC1. The third kappa shape index (κ3) is 3.13. The van der Waals surface area contributed by atoms with Crippen LogP contribution in [0.15, 0.2) is 36.4 Å². The number of rotatable bonds is 6. The van der Waals surface area contributed by atoms with E-state index in [1.54, 1.807) is 0 Å². The van der Waals surface area contributed by atoms with E-state index < -0.39 is 0 Å². The minimum atomic E-state index is 0.466. The van der Waals surface area contributed by atoms with Crippen molar-refractivity contribution in [3.8, 4) is 11.4 Å². The van der Waals surface area contributed by atoms with Crippen LogP contribution in [-0.4, -0.2) is 16.5 Å². The van der Waals surface area contributed by atoms with Gasteiger partial charge in [-0.05, 0) is 24.7 Å². The molecule has 0 atom stereocenters. The Labute approximate surface area is 125 Å². The number of nitrogens with zero attached hydrogens (tertiary/aromatic N) is 2. The number of nitrogen functional groups attached to an aromatic ring is 1. The highest BCUT2D eigenvalue weighted by molar-refractivity contribution is 5.61. The lowest BCUT2D eigenvalue weighted by molar-refractivity contribution is 0.520. The molecule has 1 saturated carbocycles. The van der Waals surface area contributed by atoms with Gasteiger partial charge in [0.15, 0.2) is 5.82 Å². The highest BCUT2D eigenvalue weighted by Crippen LogP contribution is 2.48. The predicted molar refractivity (Wildman–Crippen MR) is 85.7 cm³/mol. The Kier molecular flexibility index (Phi) is 3.75. The summed E-state index contributed by atoms with van der Waals surface area (Å²) in [5.74, 6) is 7.63. The second-order valence-corrected chi connectivity index (χ2v) is 5.68. The molecule has 21 heavy (non-hydrogen) atoms. The Hall–Kier alpha value is -2.14. The van der Waals surface area contributed by atoms with Crippen LogP contribution in [0.3, 0.4) is 0 Å². The maximum Gasteiger partial charge on any atom is 0.163 e. The van der Waals surface area contributed by atoms with Crippen LogP contribution >= 0.6 is 0 Å². The van der Waals surface area contributed by atoms with E-state index in [0.29, 0.717) is 17.1 Å². The fraction of sp³-hybridized carbons (Fsp3) is 0.375. The van der Waals surface area contributed by atoms with Crippen LogP contribution in [0.1, 0.15) is 26.2 Å². The molecule has 1 aromatic heterocycles. The molecule has 4 N–H and O–H groups in total. The first-order valence-corrected chi connectivity index (χ1v) is 7.40. The smallest absolute Gasteiger partial charge is 0.163 e. The molecule has 1 fully saturated rings. The van der Waals surface area contributed by atoms with Crippen molar-refractivity contribution in [2.24, 2.45) is 11.3 Å². The Morgan fingerprint density at radius 3 is 2.48 bits per heavy atom. The highest BCUT2D eigenvalue weighted by Gasteiger charge is 2.40. The molecular weight excluding hydrogens is 262 g/mol. The summed E-state index contributed by atoms with van der Waals surface area (Å²) in [6, 6.07) is 11.8. The largest absolute Gasteiger partial charge is 0.369 e. The summed E-state index contributed by atoms with van der Waals surface area (Å²) >= 11 is 0. The quantitative estimate of drug-likeness (QED) is 0.561. The summed E-state index contributed by atoms with van der Waals surface area (Å²) in [4.78, 5) is 9.01. The van der Waals surface area contributed by atoms with Crippen molar-refractivity contribution in [2.45, 2.75) is 26.2 Å². The number of benzene rings is 1. The molecule has 0 spiro atoms. The molecule has 110 valence electrons. The molecule has 1 aliphatic carbocycles. The van der Waals surface area contributed by atoms with Crippen LogP contribution in [-0.2, 0) is 0 Å². The zero-order chi connectivity index (χ0) is 14.7. The van der Waals surface area contributed by atoms with Gasteiger partial charge in [-0.1, -0.05) is 37.3 Å². The van der Waals surface area contributed by atoms with Crippen molar-refractivity contribution >= 4 is 11.6 Å². The molecule has 0 bridgehead atoms. The van der Waals surface area contributed by atoms with E-state index >= 15 is 0 Å². The van der Waals surface area contributed by atoms with Gasteiger partial charge in [-0.25, -0.2) is 15.8 Å². The van der Waals surface area contributed by atoms with E-state index in [1.807, 2.05) is 36.4 Å². The molecule has 1 aromatic carbocycles. The molecular formula is C16H21N5. The van der Waals surface area contributed by atoms with Gasteiger partial charge in [0.25, 0.3) is 0 Å². The predicted octanol–water partition coefficient (Wildman–Crippen LogP) is 3.03. The first kappa shape index (κ1) is 13.8. The van der Waals surface area contributed by atoms with Crippen LogP contribution in [0.4, 0.5) is 11.6 Å². The number of aromatic nitrogens is 2. The van der Waals surface area contributed by atoms with E-state index in [0.717, 1.165) is 17.9 Å². The lowest BCUT2D eigenvalue weighted by atomic mass is 10.0. The monoisotopic (exact) mass is 283 g/mol. The van der Waals surface area contributed by atoms with Crippen molar-refractivity contribution in [1.82, 2.24) is 9.97 Å². The number of nitrogens with one attached hydrogen (secondary N) is 2. The van der Waals surface area contributed by atoms with Gasteiger partial charge in [0.2, 0.25) is 0 Å².